The number of piperidine rings is 1. The van der Waals surface area contributed by atoms with Gasteiger partial charge in [0.2, 0.25) is 10.0 Å². The lowest BCUT2D eigenvalue weighted by molar-refractivity contribution is -0.143. The first-order chi connectivity index (χ1) is 9.24. The summed E-state index contributed by atoms with van der Waals surface area (Å²) in [5.41, 5.74) is 0. The lowest BCUT2D eigenvalue weighted by atomic mass is 9.99. The summed E-state index contributed by atoms with van der Waals surface area (Å²) in [6, 6.07) is -0.412. The first-order valence-electron chi connectivity index (χ1n) is 6.40. The number of hydrogen-bond donors (Lipinski definition) is 2. The van der Waals surface area contributed by atoms with Crippen molar-refractivity contribution in [3.63, 3.8) is 0 Å². The standard InChI is InChI=1S/C11H21N3O5S/c1-13(2)20(18,19)7-5-12-11(17)14-6-3-4-9(8-14)10(15)16/h9H,3-8H2,1-2H3,(H,12,17)(H,15,16)/t9-/m0/s1. The van der Waals surface area contributed by atoms with Crippen molar-refractivity contribution in [3.8, 4) is 0 Å². The summed E-state index contributed by atoms with van der Waals surface area (Å²) in [6.45, 7) is 0.672. The molecule has 0 aliphatic carbocycles. The van der Waals surface area contributed by atoms with Gasteiger partial charge in [-0.25, -0.2) is 17.5 Å². The normalized spacial score (nSPS) is 19.9. The Kier molecular flexibility index (Phi) is 5.75. The molecule has 0 bridgehead atoms. The van der Waals surface area contributed by atoms with Gasteiger partial charge in [-0.3, -0.25) is 4.79 Å². The molecule has 0 spiro atoms. The van der Waals surface area contributed by atoms with Crippen molar-refractivity contribution in [1.82, 2.24) is 14.5 Å². The van der Waals surface area contributed by atoms with Gasteiger partial charge in [0.25, 0.3) is 0 Å². The summed E-state index contributed by atoms with van der Waals surface area (Å²) in [4.78, 5) is 24.2. The number of nitrogens with zero attached hydrogens (tertiary/aromatic N) is 2. The second-order valence-corrected chi connectivity index (χ2v) is 7.26. The van der Waals surface area contributed by atoms with Crippen molar-refractivity contribution in [2.45, 2.75) is 12.8 Å². The van der Waals surface area contributed by atoms with Gasteiger partial charge in [0.05, 0.1) is 11.7 Å². The number of carbonyl (C=O) groups excluding carboxylic acids is 1. The molecule has 0 unspecified atom stereocenters. The number of carboxylic acids is 1. The van der Waals surface area contributed by atoms with Crippen LogP contribution in [0.3, 0.4) is 0 Å². The Hall–Kier alpha value is -1.35. The summed E-state index contributed by atoms with van der Waals surface area (Å²) in [5, 5.41) is 11.4. The second-order valence-electron chi connectivity index (χ2n) is 4.95. The molecule has 2 N–H and O–H groups in total. The zero-order valence-corrected chi connectivity index (χ0v) is 12.5. The highest BCUT2D eigenvalue weighted by Gasteiger charge is 2.28. The Balaban J connectivity index is 2.41. The number of urea groups is 1. The Bertz CT molecular complexity index is 463. The highest BCUT2D eigenvalue weighted by atomic mass is 32.2. The number of hydrogen-bond acceptors (Lipinski definition) is 4. The van der Waals surface area contributed by atoms with E-state index in [1.54, 1.807) is 0 Å². The van der Waals surface area contributed by atoms with Gasteiger partial charge in [0.15, 0.2) is 0 Å². The molecule has 0 aromatic rings. The zero-order chi connectivity index (χ0) is 15.3. The van der Waals surface area contributed by atoms with Gasteiger partial charge in [-0.2, -0.15) is 0 Å². The topological polar surface area (TPSA) is 107 Å². The van der Waals surface area contributed by atoms with Gasteiger partial charge >= 0.3 is 12.0 Å². The number of aliphatic carboxylic acids is 1. The summed E-state index contributed by atoms with van der Waals surface area (Å²) < 4.78 is 24.1. The van der Waals surface area contributed by atoms with Gasteiger partial charge < -0.3 is 15.3 Å². The van der Waals surface area contributed by atoms with Gasteiger partial charge in [-0.05, 0) is 12.8 Å². The summed E-state index contributed by atoms with van der Waals surface area (Å²) in [6.07, 6.45) is 1.20. The predicted octanol–water partition coefficient (Wildman–Crippen LogP) is -0.616. The average Bonchev–Trinajstić information content (AvgIpc) is 2.38. The fourth-order valence-electron chi connectivity index (χ4n) is 1.94. The SMILES string of the molecule is CN(C)S(=O)(=O)CCNC(=O)N1CCC[C@H](C(=O)O)C1. The molecule has 0 saturated carbocycles. The quantitative estimate of drug-likeness (QED) is 0.704. The Morgan fingerprint density at radius 2 is 2.05 bits per heavy atom. The first-order valence-corrected chi connectivity index (χ1v) is 8.00. The van der Waals surface area contributed by atoms with E-state index in [9.17, 15) is 18.0 Å². The minimum absolute atomic E-state index is 0.00752. The Labute approximate surface area is 118 Å². The summed E-state index contributed by atoms with van der Waals surface area (Å²) in [5.74, 6) is -1.63. The molecule has 1 heterocycles. The van der Waals surface area contributed by atoms with Crippen LogP contribution in [0.15, 0.2) is 0 Å². The van der Waals surface area contributed by atoms with Crippen LogP contribution in [0.1, 0.15) is 12.8 Å². The third-order valence-electron chi connectivity index (χ3n) is 3.25. The highest BCUT2D eigenvalue weighted by molar-refractivity contribution is 7.89. The predicted molar refractivity (Wildman–Crippen MR) is 72.8 cm³/mol. The molecule has 116 valence electrons. The number of nitrogens with one attached hydrogen (secondary N) is 1. The molecule has 0 aromatic carbocycles. The van der Waals surface area contributed by atoms with Gasteiger partial charge in [0, 0.05) is 33.7 Å². The molecule has 1 rings (SSSR count). The van der Waals surface area contributed by atoms with E-state index in [1.807, 2.05) is 0 Å². The number of sulfonamides is 1. The van der Waals surface area contributed by atoms with E-state index in [4.69, 9.17) is 5.11 Å². The van der Waals surface area contributed by atoms with Crippen LogP contribution in [0.4, 0.5) is 4.79 Å². The molecule has 2 amide bonds. The fraction of sp³-hybridized carbons (Fsp3) is 0.818. The molecular weight excluding hydrogens is 286 g/mol. The molecular formula is C11H21N3O5S. The zero-order valence-electron chi connectivity index (χ0n) is 11.7. The van der Waals surface area contributed by atoms with E-state index in [0.29, 0.717) is 19.4 Å². The van der Waals surface area contributed by atoms with Crippen molar-refractivity contribution in [2.75, 3.05) is 39.5 Å². The van der Waals surface area contributed by atoms with E-state index < -0.39 is 27.9 Å². The number of likely N-dealkylation sites (tertiary alicyclic amines) is 1. The van der Waals surface area contributed by atoms with Crippen LogP contribution in [-0.4, -0.2) is 74.2 Å². The van der Waals surface area contributed by atoms with E-state index in [2.05, 4.69) is 5.32 Å². The summed E-state index contributed by atoms with van der Waals surface area (Å²) >= 11 is 0. The molecule has 1 fully saturated rings. The molecule has 0 aromatic heterocycles. The average molecular weight is 307 g/mol. The van der Waals surface area contributed by atoms with Crippen molar-refractivity contribution in [1.29, 1.82) is 0 Å². The van der Waals surface area contributed by atoms with Crippen molar-refractivity contribution in [3.05, 3.63) is 0 Å². The van der Waals surface area contributed by atoms with E-state index in [-0.39, 0.29) is 18.8 Å². The van der Waals surface area contributed by atoms with Gasteiger partial charge in [-0.15, -0.1) is 0 Å². The largest absolute Gasteiger partial charge is 0.481 e. The maximum Gasteiger partial charge on any atom is 0.317 e. The first kappa shape index (κ1) is 16.7. The highest BCUT2D eigenvalue weighted by Crippen LogP contribution is 2.16. The molecule has 1 aliphatic heterocycles. The van der Waals surface area contributed by atoms with Crippen LogP contribution in [0.2, 0.25) is 0 Å². The van der Waals surface area contributed by atoms with Crippen LogP contribution in [0.5, 0.6) is 0 Å². The van der Waals surface area contributed by atoms with E-state index in [0.717, 1.165) is 4.31 Å². The molecule has 8 nitrogen and oxygen atoms in total. The van der Waals surface area contributed by atoms with Crippen LogP contribution in [0, 0.1) is 5.92 Å². The number of carboxylic acid groups (broad SMARTS) is 1. The maximum atomic E-state index is 11.8. The minimum Gasteiger partial charge on any atom is -0.481 e. The van der Waals surface area contributed by atoms with Gasteiger partial charge in [-0.1, -0.05) is 0 Å². The molecule has 0 radical (unpaired) electrons. The molecule has 9 heteroatoms. The smallest absolute Gasteiger partial charge is 0.317 e. The molecule has 1 saturated heterocycles. The van der Waals surface area contributed by atoms with Crippen LogP contribution in [-0.2, 0) is 14.8 Å². The number of rotatable bonds is 5. The van der Waals surface area contributed by atoms with Crippen LogP contribution in [0.25, 0.3) is 0 Å². The Morgan fingerprint density at radius 3 is 2.60 bits per heavy atom. The number of amides is 2. The van der Waals surface area contributed by atoms with Crippen LogP contribution >= 0.6 is 0 Å². The lowest BCUT2D eigenvalue weighted by Gasteiger charge is -2.30. The van der Waals surface area contributed by atoms with Crippen molar-refractivity contribution >= 4 is 22.0 Å². The summed E-state index contributed by atoms with van der Waals surface area (Å²) in [7, 11) is -0.483. The maximum absolute atomic E-state index is 11.8. The monoisotopic (exact) mass is 307 g/mol. The second kappa shape index (κ2) is 6.89. The van der Waals surface area contributed by atoms with Crippen molar-refractivity contribution in [2.24, 2.45) is 5.92 Å². The molecule has 1 aliphatic rings. The third kappa shape index (κ3) is 4.64. The van der Waals surface area contributed by atoms with Crippen molar-refractivity contribution < 1.29 is 23.1 Å². The lowest BCUT2D eigenvalue weighted by Crippen LogP contribution is -2.48. The fourth-order valence-corrected chi connectivity index (χ4v) is 2.67. The molecule has 1 atom stereocenters. The van der Waals surface area contributed by atoms with Gasteiger partial charge in [0.1, 0.15) is 0 Å². The van der Waals surface area contributed by atoms with E-state index in [1.165, 1.54) is 19.0 Å². The molecule has 20 heavy (non-hydrogen) atoms. The minimum atomic E-state index is -3.34. The third-order valence-corrected chi connectivity index (χ3v) is 5.08. The number of carbonyl (C=O) groups is 2. The van der Waals surface area contributed by atoms with Crippen LogP contribution < -0.4 is 5.32 Å². The van der Waals surface area contributed by atoms with E-state index >= 15 is 0 Å². The Morgan fingerprint density at radius 1 is 1.40 bits per heavy atom.